The van der Waals surface area contributed by atoms with E-state index in [4.69, 9.17) is 5.14 Å². The van der Waals surface area contributed by atoms with Gasteiger partial charge in [-0.2, -0.15) is 0 Å². The van der Waals surface area contributed by atoms with Crippen molar-refractivity contribution in [2.75, 3.05) is 10.2 Å². The predicted octanol–water partition coefficient (Wildman–Crippen LogP) is 3.89. The number of sulfonamides is 1. The average Bonchev–Trinajstić information content (AvgIpc) is 3.40. The molecule has 3 aromatic carbocycles. The van der Waals surface area contributed by atoms with Crippen molar-refractivity contribution in [3.05, 3.63) is 103 Å². The fourth-order valence-electron chi connectivity index (χ4n) is 5.20. The summed E-state index contributed by atoms with van der Waals surface area (Å²) in [5.41, 5.74) is 1.25. The standard InChI is InChI=1S/C28H20BrFN4O6S3/c29-15-3-9-18(10-4-15)34-25(36)22-21(14-1-5-16(30)6-2-14)24-27(41-23(22)26(34)37)33(28(38)42-24)13-20(35)32-17-7-11-19(12-8-17)43(31,39)40/h1-12,21-23H,13H2,(H,32,35)(H2,31,39,40)/t21-,22?,23?/m1/s1. The van der Waals surface area contributed by atoms with Crippen LogP contribution in [0.5, 0.6) is 0 Å². The molecule has 3 atom stereocenters. The molecule has 0 spiro atoms. The number of halogens is 2. The summed E-state index contributed by atoms with van der Waals surface area (Å²) in [5.74, 6) is -3.53. The molecule has 10 nitrogen and oxygen atoms in total. The number of amides is 3. The van der Waals surface area contributed by atoms with Crippen LogP contribution in [0.4, 0.5) is 15.8 Å². The smallest absolute Gasteiger partial charge is 0.308 e. The van der Waals surface area contributed by atoms with Crippen LogP contribution >= 0.6 is 39.0 Å². The third kappa shape index (κ3) is 5.47. The number of anilines is 2. The Bertz CT molecular complexity index is 1940. The molecule has 4 aromatic rings. The zero-order valence-electron chi connectivity index (χ0n) is 21.8. The van der Waals surface area contributed by atoms with Crippen LogP contribution in [0.2, 0.25) is 0 Å². The largest absolute Gasteiger partial charge is 0.325 e. The number of thiazole rings is 1. The predicted molar refractivity (Wildman–Crippen MR) is 163 cm³/mol. The van der Waals surface area contributed by atoms with Crippen molar-refractivity contribution < 1.29 is 27.2 Å². The Balaban J connectivity index is 1.36. The molecule has 6 rings (SSSR count). The molecule has 2 aliphatic rings. The number of carbonyl (C=O) groups excluding carboxylic acids is 3. The van der Waals surface area contributed by atoms with E-state index in [-0.39, 0.29) is 10.6 Å². The van der Waals surface area contributed by atoms with E-state index in [0.29, 0.717) is 21.2 Å². The number of hydrogen-bond donors (Lipinski definition) is 2. The van der Waals surface area contributed by atoms with Gasteiger partial charge in [0, 0.05) is 21.0 Å². The molecular formula is C28H20BrFN4O6S3. The number of rotatable bonds is 6. The van der Waals surface area contributed by atoms with Gasteiger partial charge in [0.05, 0.1) is 21.5 Å². The number of imide groups is 1. The highest BCUT2D eigenvalue weighted by molar-refractivity contribution is 9.10. The fourth-order valence-corrected chi connectivity index (χ4v) is 8.75. The second-order valence-electron chi connectivity index (χ2n) is 9.82. The highest BCUT2D eigenvalue weighted by atomic mass is 79.9. The van der Waals surface area contributed by atoms with Crippen LogP contribution in [0.25, 0.3) is 0 Å². The maximum absolute atomic E-state index is 13.9. The lowest BCUT2D eigenvalue weighted by Gasteiger charge is -2.30. The summed E-state index contributed by atoms with van der Waals surface area (Å²) in [5, 5.41) is 7.23. The minimum atomic E-state index is -3.91. The highest BCUT2D eigenvalue weighted by Gasteiger charge is 2.56. The molecule has 15 heteroatoms. The van der Waals surface area contributed by atoms with Gasteiger partial charge in [0.1, 0.15) is 17.6 Å². The molecule has 0 aliphatic carbocycles. The zero-order valence-corrected chi connectivity index (χ0v) is 25.8. The van der Waals surface area contributed by atoms with Gasteiger partial charge in [0.25, 0.3) is 0 Å². The summed E-state index contributed by atoms with van der Waals surface area (Å²) in [6.07, 6.45) is 0. The van der Waals surface area contributed by atoms with Crippen molar-refractivity contribution in [3.8, 4) is 0 Å². The lowest BCUT2D eigenvalue weighted by molar-refractivity contribution is -0.122. The summed E-state index contributed by atoms with van der Waals surface area (Å²) in [6, 6.07) is 17.5. The molecule has 43 heavy (non-hydrogen) atoms. The summed E-state index contributed by atoms with van der Waals surface area (Å²) < 4.78 is 38.9. The Labute approximate surface area is 260 Å². The number of hydrogen-bond acceptors (Lipinski definition) is 8. The number of carbonyl (C=O) groups is 3. The molecule has 0 saturated carbocycles. The van der Waals surface area contributed by atoms with E-state index >= 15 is 0 Å². The van der Waals surface area contributed by atoms with Crippen LogP contribution < -0.4 is 20.2 Å². The third-order valence-corrected chi connectivity index (χ3v) is 11.2. The van der Waals surface area contributed by atoms with E-state index in [9.17, 15) is 32.0 Å². The van der Waals surface area contributed by atoms with Gasteiger partial charge in [0.15, 0.2) is 0 Å². The minimum absolute atomic E-state index is 0.126. The van der Waals surface area contributed by atoms with E-state index in [1.54, 1.807) is 24.3 Å². The molecule has 3 heterocycles. The van der Waals surface area contributed by atoms with Gasteiger partial charge in [-0.15, -0.1) is 0 Å². The molecule has 0 radical (unpaired) electrons. The van der Waals surface area contributed by atoms with Gasteiger partial charge in [-0.25, -0.2) is 22.8 Å². The summed E-state index contributed by atoms with van der Waals surface area (Å²) in [4.78, 5) is 54.9. The quantitative estimate of drug-likeness (QED) is 0.290. The number of thioether (sulfide) groups is 1. The second-order valence-corrected chi connectivity index (χ2v) is 14.4. The van der Waals surface area contributed by atoms with Gasteiger partial charge in [0.2, 0.25) is 27.7 Å². The Morgan fingerprint density at radius 1 is 0.953 bits per heavy atom. The van der Waals surface area contributed by atoms with E-state index < -0.39 is 62.1 Å². The van der Waals surface area contributed by atoms with E-state index in [0.717, 1.165) is 32.5 Å². The Kier molecular flexibility index (Phi) is 7.62. The maximum atomic E-state index is 13.9. The molecule has 2 unspecified atom stereocenters. The molecule has 2 aliphatic heterocycles. The maximum Gasteiger partial charge on any atom is 0.308 e. The van der Waals surface area contributed by atoms with Crippen LogP contribution in [0, 0.1) is 11.7 Å². The average molecular weight is 704 g/mol. The number of nitrogens with zero attached hydrogens (tertiary/aromatic N) is 2. The molecule has 1 saturated heterocycles. The van der Waals surface area contributed by atoms with Crippen LogP contribution in [0.15, 0.2) is 92.0 Å². The van der Waals surface area contributed by atoms with Crippen molar-refractivity contribution in [3.63, 3.8) is 0 Å². The minimum Gasteiger partial charge on any atom is -0.325 e. The van der Waals surface area contributed by atoms with Gasteiger partial charge in [-0.3, -0.25) is 23.7 Å². The third-order valence-electron chi connectivity index (χ3n) is 7.13. The molecular weight excluding hydrogens is 683 g/mol. The van der Waals surface area contributed by atoms with Crippen molar-refractivity contribution in [1.82, 2.24) is 4.57 Å². The number of nitrogens with two attached hydrogens (primary N) is 1. The number of primary sulfonamides is 1. The first kappa shape index (κ1) is 29.4. The highest BCUT2D eigenvalue weighted by Crippen LogP contribution is 2.53. The normalized spacial score (nSPS) is 19.7. The molecule has 1 fully saturated rings. The van der Waals surface area contributed by atoms with Crippen molar-refractivity contribution in [1.29, 1.82) is 0 Å². The molecule has 0 bridgehead atoms. The van der Waals surface area contributed by atoms with Crippen molar-refractivity contribution in [2.24, 2.45) is 11.1 Å². The Morgan fingerprint density at radius 2 is 1.60 bits per heavy atom. The fraction of sp³-hybridized carbons (Fsp3) is 0.143. The van der Waals surface area contributed by atoms with E-state index in [1.807, 2.05) is 0 Å². The van der Waals surface area contributed by atoms with Gasteiger partial charge in [-0.1, -0.05) is 51.2 Å². The Hall–Kier alpha value is -3.63. The van der Waals surface area contributed by atoms with Gasteiger partial charge in [-0.05, 0) is 66.2 Å². The van der Waals surface area contributed by atoms with Crippen LogP contribution in [0.1, 0.15) is 16.4 Å². The summed E-state index contributed by atoms with van der Waals surface area (Å²) >= 11 is 5.29. The van der Waals surface area contributed by atoms with Crippen LogP contribution in [-0.4, -0.2) is 36.0 Å². The van der Waals surface area contributed by atoms with Gasteiger partial charge >= 0.3 is 4.87 Å². The first-order valence-corrected chi connectivity index (χ1v) is 16.7. The zero-order chi connectivity index (χ0) is 30.6. The molecule has 1 aromatic heterocycles. The monoisotopic (exact) mass is 702 g/mol. The lowest BCUT2D eigenvalue weighted by atomic mass is 9.83. The SMILES string of the molecule is NS(=O)(=O)c1ccc(NC(=O)Cn2c3c(sc2=O)[C@H](c2ccc(F)cc2)C2C(=O)N(c4ccc(Br)cc4)C(=O)C2S3)cc1. The Morgan fingerprint density at radius 3 is 2.23 bits per heavy atom. The number of aromatic nitrogens is 1. The lowest BCUT2D eigenvalue weighted by Crippen LogP contribution is -2.33. The second kappa shape index (κ2) is 11.1. The number of nitrogens with one attached hydrogen (secondary N) is 1. The topological polar surface area (TPSA) is 149 Å². The van der Waals surface area contributed by atoms with Crippen LogP contribution in [0.3, 0.4) is 0 Å². The summed E-state index contributed by atoms with van der Waals surface area (Å²) in [6.45, 7) is -0.402. The molecule has 3 N–H and O–H groups in total. The van der Waals surface area contributed by atoms with E-state index in [2.05, 4.69) is 21.2 Å². The number of benzene rings is 3. The van der Waals surface area contributed by atoms with Crippen molar-refractivity contribution >= 4 is 78.1 Å². The van der Waals surface area contributed by atoms with Crippen LogP contribution in [-0.2, 0) is 31.0 Å². The summed E-state index contributed by atoms with van der Waals surface area (Å²) in [7, 11) is -3.91. The van der Waals surface area contributed by atoms with Gasteiger partial charge < -0.3 is 5.32 Å². The molecule has 220 valence electrons. The first-order valence-electron chi connectivity index (χ1n) is 12.6. The van der Waals surface area contributed by atoms with E-state index in [1.165, 1.54) is 53.1 Å². The number of fused-ring (bicyclic) bond motifs is 2. The first-order chi connectivity index (χ1) is 20.4. The molecule has 3 amide bonds. The van der Waals surface area contributed by atoms with Crippen molar-refractivity contribution in [2.45, 2.75) is 27.6 Å².